The SMILES string of the molecule is CCc1ccccc1OCCC1CC1. The topological polar surface area (TPSA) is 9.23 Å². The molecule has 0 saturated heterocycles. The highest BCUT2D eigenvalue weighted by Crippen LogP contribution is 2.32. The summed E-state index contributed by atoms with van der Waals surface area (Å²) in [6, 6.07) is 8.34. The molecule has 0 amide bonds. The fourth-order valence-corrected chi connectivity index (χ4v) is 1.68. The summed E-state index contributed by atoms with van der Waals surface area (Å²) in [6.07, 6.45) is 5.12. The molecule has 0 spiro atoms. The largest absolute Gasteiger partial charge is 0.493 e. The van der Waals surface area contributed by atoms with Gasteiger partial charge >= 0.3 is 0 Å². The third kappa shape index (κ3) is 2.50. The van der Waals surface area contributed by atoms with E-state index in [-0.39, 0.29) is 0 Å². The van der Waals surface area contributed by atoms with E-state index in [0.717, 1.165) is 24.7 Å². The Hall–Kier alpha value is -0.980. The molecule has 0 aromatic heterocycles. The Balaban J connectivity index is 1.86. The van der Waals surface area contributed by atoms with Gasteiger partial charge in [0, 0.05) is 0 Å². The van der Waals surface area contributed by atoms with Crippen LogP contribution in [0.4, 0.5) is 0 Å². The summed E-state index contributed by atoms with van der Waals surface area (Å²) in [5.41, 5.74) is 1.32. The second-order valence-electron chi connectivity index (χ2n) is 4.04. The van der Waals surface area contributed by atoms with Gasteiger partial charge in [-0.1, -0.05) is 38.0 Å². The molecule has 76 valence electrons. The average molecular weight is 190 g/mol. The molecular formula is C13H18O. The van der Waals surface area contributed by atoms with Crippen molar-refractivity contribution in [2.24, 2.45) is 5.92 Å². The van der Waals surface area contributed by atoms with E-state index in [1.165, 1.54) is 24.8 Å². The summed E-state index contributed by atoms with van der Waals surface area (Å²) in [5, 5.41) is 0. The molecule has 2 rings (SSSR count). The van der Waals surface area contributed by atoms with Gasteiger partial charge in [-0.2, -0.15) is 0 Å². The molecule has 0 N–H and O–H groups in total. The van der Waals surface area contributed by atoms with Crippen LogP contribution < -0.4 is 4.74 Å². The van der Waals surface area contributed by atoms with E-state index < -0.39 is 0 Å². The summed E-state index contributed by atoms with van der Waals surface area (Å²) >= 11 is 0. The minimum atomic E-state index is 0.891. The molecule has 1 aliphatic carbocycles. The van der Waals surface area contributed by atoms with Gasteiger partial charge < -0.3 is 4.74 Å². The number of hydrogen-bond acceptors (Lipinski definition) is 1. The predicted octanol–water partition coefficient (Wildman–Crippen LogP) is 3.43. The minimum absolute atomic E-state index is 0.891. The fraction of sp³-hybridized carbons (Fsp3) is 0.538. The predicted molar refractivity (Wildman–Crippen MR) is 58.7 cm³/mol. The highest BCUT2D eigenvalue weighted by molar-refractivity contribution is 5.33. The monoisotopic (exact) mass is 190 g/mol. The minimum Gasteiger partial charge on any atom is -0.493 e. The second-order valence-corrected chi connectivity index (χ2v) is 4.04. The third-order valence-electron chi connectivity index (χ3n) is 2.83. The van der Waals surface area contributed by atoms with Gasteiger partial charge in [0.25, 0.3) is 0 Å². The normalized spacial score (nSPS) is 15.5. The van der Waals surface area contributed by atoms with Crippen LogP contribution in [0.15, 0.2) is 24.3 Å². The van der Waals surface area contributed by atoms with E-state index in [1.54, 1.807) is 0 Å². The van der Waals surface area contributed by atoms with Crippen LogP contribution in [0.5, 0.6) is 5.75 Å². The maximum absolute atomic E-state index is 5.78. The van der Waals surface area contributed by atoms with Crippen molar-refractivity contribution in [3.63, 3.8) is 0 Å². The Bertz CT molecular complexity index is 289. The second kappa shape index (κ2) is 4.50. The van der Waals surface area contributed by atoms with E-state index in [1.807, 2.05) is 6.07 Å². The van der Waals surface area contributed by atoms with Crippen LogP contribution in [-0.2, 0) is 6.42 Å². The lowest BCUT2D eigenvalue weighted by Gasteiger charge is -2.09. The van der Waals surface area contributed by atoms with Crippen LogP contribution in [0.3, 0.4) is 0 Å². The Kier molecular flexibility index (Phi) is 3.07. The standard InChI is InChI=1S/C13H18O/c1-2-12-5-3-4-6-13(12)14-10-9-11-7-8-11/h3-6,11H,2,7-10H2,1H3. The number of rotatable bonds is 5. The van der Waals surface area contributed by atoms with Crippen molar-refractivity contribution in [3.05, 3.63) is 29.8 Å². The van der Waals surface area contributed by atoms with E-state index in [2.05, 4.69) is 25.1 Å². The molecule has 1 fully saturated rings. The smallest absolute Gasteiger partial charge is 0.122 e. The molecule has 1 aromatic rings. The van der Waals surface area contributed by atoms with Crippen molar-refractivity contribution in [1.82, 2.24) is 0 Å². The highest BCUT2D eigenvalue weighted by Gasteiger charge is 2.20. The first-order valence-electron chi connectivity index (χ1n) is 5.61. The van der Waals surface area contributed by atoms with Gasteiger partial charge in [-0.15, -0.1) is 0 Å². The maximum atomic E-state index is 5.78. The highest BCUT2D eigenvalue weighted by atomic mass is 16.5. The van der Waals surface area contributed by atoms with Crippen molar-refractivity contribution in [2.45, 2.75) is 32.6 Å². The zero-order chi connectivity index (χ0) is 9.80. The molecule has 0 unspecified atom stereocenters. The number of ether oxygens (including phenoxy) is 1. The average Bonchev–Trinajstić information content (AvgIpc) is 3.03. The molecule has 14 heavy (non-hydrogen) atoms. The quantitative estimate of drug-likeness (QED) is 0.691. The Morgan fingerprint density at radius 2 is 2.07 bits per heavy atom. The van der Waals surface area contributed by atoms with Crippen LogP contribution in [0.1, 0.15) is 31.7 Å². The Morgan fingerprint density at radius 1 is 1.29 bits per heavy atom. The molecule has 0 bridgehead atoms. The van der Waals surface area contributed by atoms with E-state index in [0.29, 0.717) is 0 Å². The Morgan fingerprint density at radius 3 is 2.79 bits per heavy atom. The lowest BCUT2D eigenvalue weighted by Crippen LogP contribution is -2.00. The van der Waals surface area contributed by atoms with Gasteiger partial charge in [0.05, 0.1) is 6.61 Å². The van der Waals surface area contributed by atoms with Crippen LogP contribution in [0.2, 0.25) is 0 Å². The number of aryl methyl sites for hydroxylation is 1. The number of para-hydroxylation sites is 1. The van der Waals surface area contributed by atoms with Gasteiger partial charge in [-0.05, 0) is 30.4 Å². The maximum Gasteiger partial charge on any atom is 0.122 e. The molecule has 0 radical (unpaired) electrons. The van der Waals surface area contributed by atoms with E-state index in [4.69, 9.17) is 4.74 Å². The zero-order valence-corrected chi connectivity index (χ0v) is 8.83. The van der Waals surface area contributed by atoms with Crippen LogP contribution in [-0.4, -0.2) is 6.61 Å². The lowest BCUT2D eigenvalue weighted by atomic mass is 10.1. The van der Waals surface area contributed by atoms with Crippen LogP contribution in [0.25, 0.3) is 0 Å². The summed E-state index contributed by atoms with van der Waals surface area (Å²) in [7, 11) is 0. The lowest BCUT2D eigenvalue weighted by molar-refractivity contribution is 0.300. The van der Waals surface area contributed by atoms with E-state index >= 15 is 0 Å². The molecule has 1 aliphatic rings. The first kappa shape index (κ1) is 9.57. The molecule has 1 saturated carbocycles. The van der Waals surface area contributed by atoms with Crippen molar-refractivity contribution in [1.29, 1.82) is 0 Å². The summed E-state index contributed by atoms with van der Waals surface area (Å²) in [4.78, 5) is 0. The summed E-state index contributed by atoms with van der Waals surface area (Å²) < 4.78 is 5.78. The summed E-state index contributed by atoms with van der Waals surface area (Å²) in [6.45, 7) is 3.06. The van der Waals surface area contributed by atoms with Crippen molar-refractivity contribution >= 4 is 0 Å². The molecule has 1 heteroatoms. The first-order chi connectivity index (χ1) is 6.90. The van der Waals surface area contributed by atoms with E-state index in [9.17, 15) is 0 Å². The van der Waals surface area contributed by atoms with Gasteiger partial charge in [-0.25, -0.2) is 0 Å². The van der Waals surface area contributed by atoms with Crippen LogP contribution >= 0.6 is 0 Å². The van der Waals surface area contributed by atoms with Crippen LogP contribution in [0, 0.1) is 5.92 Å². The fourth-order valence-electron chi connectivity index (χ4n) is 1.68. The molecule has 0 atom stereocenters. The van der Waals surface area contributed by atoms with Crippen molar-refractivity contribution in [2.75, 3.05) is 6.61 Å². The van der Waals surface area contributed by atoms with Crippen molar-refractivity contribution in [3.8, 4) is 5.75 Å². The Labute approximate surface area is 86.1 Å². The number of benzene rings is 1. The number of hydrogen-bond donors (Lipinski definition) is 0. The van der Waals surface area contributed by atoms with Gasteiger partial charge in [0.2, 0.25) is 0 Å². The molecule has 1 nitrogen and oxygen atoms in total. The third-order valence-corrected chi connectivity index (χ3v) is 2.83. The molecule has 0 aliphatic heterocycles. The zero-order valence-electron chi connectivity index (χ0n) is 8.83. The molecule has 1 aromatic carbocycles. The van der Waals surface area contributed by atoms with Gasteiger partial charge in [0.1, 0.15) is 5.75 Å². The van der Waals surface area contributed by atoms with Gasteiger partial charge in [0.15, 0.2) is 0 Å². The summed E-state index contributed by atoms with van der Waals surface area (Å²) in [5.74, 6) is 2.04. The van der Waals surface area contributed by atoms with Crippen molar-refractivity contribution < 1.29 is 4.74 Å². The van der Waals surface area contributed by atoms with Gasteiger partial charge in [-0.3, -0.25) is 0 Å². The molecular weight excluding hydrogens is 172 g/mol. The molecule has 0 heterocycles. The first-order valence-corrected chi connectivity index (χ1v) is 5.61.